The molecule has 3 saturated heterocycles. The van der Waals surface area contributed by atoms with Crippen molar-refractivity contribution in [1.82, 2.24) is 25.3 Å². The molecule has 0 spiro atoms. The highest BCUT2D eigenvalue weighted by atomic mass is 19.2. The number of nitrogens with one attached hydrogen (secondary N) is 1. The summed E-state index contributed by atoms with van der Waals surface area (Å²) < 4.78 is 95.3. The average Bonchev–Trinajstić information content (AvgIpc) is 3.48. The molecule has 3 fully saturated rings. The number of halogens is 6. The molecular formula is C38H32F6N6O2. The minimum Gasteiger partial charge on any atom is -0.508 e. The third-order valence-corrected chi connectivity index (χ3v) is 10.4. The summed E-state index contributed by atoms with van der Waals surface area (Å²) in [6.07, 6.45) is 9.34. The van der Waals surface area contributed by atoms with Crippen LogP contribution in [-0.4, -0.2) is 62.9 Å². The van der Waals surface area contributed by atoms with Crippen molar-refractivity contribution in [2.45, 2.75) is 56.3 Å². The summed E-state index contributed by atoms with van der Waals surface area (Å²) in [6.45, 7) is 1.01. The highest BCUT2D eigenvalue weighted by Gasteiger charge is 2.54. The van der Waals surface area contributed by atoms with Crippen molar-refractivity contribution >= 4 is 27.5 Å². The number of benzene rings is 3. The van der Waals surface area contributed by atoms with E-state index in [1.165, 1.54) is 30.5 Å². The average molecular weight is 719 g/mol. The van der Waals surface area contributed by atoms with Crippen LogP contribution in [0.4, 0.5) is 32.2 Å². The minimum atomic E-state index is -1.57. The van der Waals surface area contributed by atoms with Gasteiger partial charge < -0.3 is 9.84 Å². The van der Waals surface area contributed by atoms with Crippen molar-refractivity contribution in [2.75, 3.05) is 31.3 Å². The first-order valence-corrected chi connectivity index (χ1v) is 17.0. The lowest BCUT2D eigenvalue weighted by atomic mass is 9.94. The molecule has 3 aliphatic rings. The van der Waals surface area contributed by atoms with Gasteiger partial charge in [0.05, 0.1) is 16.5 Å². The van der Waals surface area contributed by atoms with Crippen LogP contribution < -0.4 is 15.2 Å². The Labute approximate surface area is 294 Å². The Morgan fingerprint density at radius 2 is 1.81 bits per heavy atom. The fourth-order valence-corrected chi connectivity index (χ4v) is 8.07. The van der Waals surface area contributed by atoms with Crippen molar-refractivity contribution in [3.05, 3.63) is 82.8 Å². The van der Waals surface area contributed by atoms with Gasteiger partial charge in [-0.15, -0.1) is 6.42 Å². The quantitative estimate of drug-likeness (QED) is 0.107. The third-order valence-electron chi connectivity index (χ3n) is 10.4. The number of alkyl halides is 1. The fourth-order valence-electron chi connectivity index (χ4n) is 8.07. The standard InChI is InChI=1S/C38H32F6N6O2/c1-2-24-27(40)7-6-20-12-23(51)15-25(31(20)24)34-33(44)35-26(17-45-34)36(50-11-5-3-4-10-46-50)48-37(47-35)52-19-38-9-8-30(49(38)18-22(39)16-38)21-13-28(41)32(43)29(42)14-21/h1,6-7,12-15,17,22,30,46,51H,3-5,8-11,16,18-19H2/t22-,30?,38+/m1/s1. The molecule has 3 aromatic carbocycles. The van der Waals surface area contributed by atoms with E-state index in [9.17, 15) is 22.7 Å². The molecule has 3 atom stereocenters. The maximum absolute atomic E-state index is 16.9. The van der Waals surface area contributed by atoms with Crippen LogP contribution in [-0.2, 0) is 0 Å². The van der Waals surface area contributed by atoms with Crippen molar-refractivity contribution in [3.63, 3.8) is 0 Å². The molecule has 0 amide bonds. The van der Waals surface area contributed by atoms with E-state index in [4.69, 9.17) is 11.2 Å². The van der Waals surface area contributed by atoms with E-state index in [2.05, 4.69) is 26.3 Å². The molecule has 8 nitrogen and oxygen atoms in total. The van der Waals surface area contributed by atoms with E-state index >= 15 is 8.78 Å². The van der Waals surface area contributed by atoms with Gasteiger partial charge in [-0.3, -0.25) is 14.9 Å². The number of hydrogen-bond donors (Lipinski definition) is 2. The lowest BCUT2D eigenvalue weighted by Gasteiger charge is -2.34. The highest BCUT2D eigenvalue weighted by Crippen LogP contribution is 2.50. The van der Waals surface area contributed by atoms with E-state index < -0.39 is 46.8 Å². The molecule has 0 radical (unpaired) electrons. The van der Waals surface area contributed by atoms with E-state index in [1.54, 1.807) is 9.91 Å². The number of phenolic OH excluding ortho intramolecular Hbond substituents is 1. The Bertz CT molecular complexity index is 2250. The predicted molar refractivity (Wildman–Crippen MR) is 182 cm³/mol. The predicted octanol–water partition coefficient (Wildman–Crippen LogP) is 7.42. The molecule has 5 heterocycles. The first kappa shape index (κ1) is 34.0. The van der Waals surface area contributed by atoms with Crippen LogP contribution in [0.5, 0.6) is 11.8 Å². The lowest BCUT2D eigenvalue weighted by Crippen LogP contribution is -2.44. The van der Waals surface area contributed by atoms with Crippen LogP contribution >= 0.6 is 0 Å². The number of nitrogens with zero attached hydrogens (tertiary/aromatic N) is 5. The Hall–Kier alpha value is -5.13. The number of terminal acetylenes is 1. The monoisotopic (exact) mass is 718 g/mol. The summed E-state index contributed by atoms with van der Waals surface area (Å²) >= 11 is 0. The fraction of sp³-hybridized carbons (Fsp3) is 0.342. The van der Waals surface area contributed by atoms with Crippen molar-refractivity contribution in [1.29, 1.82) is 0 Å². The number of pyridine rings is 1. The molecule has 52 heavy (non-hydrogen) atoms. The van der Waals surface area contributed by atoms with Crippen molar-refractivity contribution in [3.8, 4) is 35.4 Å². The molecule has 0 saturated carbocycles. The molecular weight excluding hydrogens is 686 g/mol. The number of ether oxygens (including phenoxy) is 1. The summed E-state index contributed by atoms with van der Waals surface area (Å²) in [5.74, 6) is -3.42. The molecule has 2 aromatic heterocycles. The number of fused-ring (bicyclic) bond motifs is 3. The molecule has 2 N–H and O–H groups in total. The van der Waals surface area contributed by atoms with Crippen LogP contribution in [0, 0.1) is 41.4 Å². The molecule has 0 aliphatic carbocycles. The molecule has 14 heteroatoms. The second-order valence-corrected chi connectivity index (χ2v) is 13.6. The van der Waals surface area contributed by atoms with Gasteiger partial charge in [0.25, 0.3) is 0 Å². The third kappa shape index (κ3) is 5.72. The normalized spacial score (nSPS) is 22.1. The summed E-state index contributed by atoms with van der Waals surface area (Å²) in [6, 6.07) is 6.30. The molecule has 0 bridgehead atoms. The number of hydrazine groups is 1. The Morgan fingerprint density at radius 3 is 2.60 bits per heavy atom. The van der Waals surface area contributed by atoms with Gasteiger partial charge >= 0.3 is 6.01 Å². The topological polar surface area (TPSA) is 86.6 Å². The van der Waals surface area contributed by atoms with Gasteiger partial charge in [-0.1, -0.05) is 18.4 Å². The molecule has 5 aromatic rings. The zero-order valence-electron chi connectivity index (χ0n) is 27.7. The van der Waals surface area contributed by atoms with E-state index in [-0.39, 0.29) is 70.0 Å². The number of hydrogen-bond acceptors (Lipinski definition) is 8. The van der Waals surface area contributed by atoms with Crippen LogP contribution in [0.1, 0.15) is 55.7 Å². The zero-order chi connectivity index (χ0) is 36.3. The lowest BCUT2D eigenvalue weighted by molar-refractivity contribution is 0.0843. The zero-order valence-corrected chi connectivity index (χ0v) is 27.7. The van der Waals surface area contributed by atoms with Crippen LogP contribution in [0.3, 0.4) is 0 Å². The second-order valence-electron chi connectivity index (χ2n) is 13.6. The van der Waals surface area contributed by atoms with Crippen molar-refractivity contribution in [2.24, 2.45) is 0 Å². The number of aromatic hydroxyl groups is 1. The Balaban J connectivity index is 1.21. The number of rotatable bonds is 6. The van der Waals surface area contributed by atoms with Crippen LogP contribution in [0.25, 0.3) is 32.9 Å². The Kier molecular flexibility index (Phi) is 8.58. The second kappa shape index (κ2) is 13.1. The first-order valence-electron chi connectivity index (χ1n) is 17.0. The van der Waals surface area contributed by atoms with Gasteiger partial charge in [0, 0.05) is 49.2 Å². The first-order chi connectivity index (χ1) is 25.1. The molecule has 3 aliphatic heterocycles. The molecule has 268 valence electrons. The van der Waals surface area contributed by atoms with Crippen LogP contribution in [0.15, 0.2) is 42.6 Å². The maximum Gasteiger partial charge on any atom is 0.319 e. The van der Waals surface area contributed by atoms with E-state index in [0.717, 1.165) is 31.4 Å². The summed E-state index contributed by atoms with van der Waals surface area (Å²) in [4.78, 5) is 15.3. The smallest absolute Gasteiger partial charge is 0.319 e. The number of aromatic nitrogens is 3. The van der Waals surface area contributed by atoms with Crippen molar-refractivity contribution < 1.29 is 36.2 Å². The van der Waals surface area contributed by atoms with Crippen LogP contribution in [0.2, 0.25) is 0 Å². The summed E-state index contributed by atoms with van der Waals surface area (Å²) in [5, 5.41) is 13.1. The van der Waals surface area contributed by atoms with Gasteiger partial charge in [0.2, 0.25) is 0 Å². The van der Waals surface area contributed by atoms with Gasteiger partial charge in [0.15, 0.2) is 29.1 Å². The van der Waals surface area contributed by atoms with Gasteiger partial charge in [0.1, 0.15) is 35.6 Å². The van der Waals surface area contributed by atoms with Gasteiger partial charge in [-0.2, -0.15) is 9.97 Å². The minimum absolute atomic E-state index is 0.0298. The van der Waals surface area contributed by atoms with Gasteiger partial charge in [-0.05, 0) is 67.0 Å². The summed E-state index contributed by atoms with van der Waals surface area (Å²) in [5.41, 5.74) is 2.10. The highest BCUT2D eigenvalue weighted by molar-refractivity contribution is 6.03. The summed E-state index contributed by atoms with van der Waals surface area (Å²) in [7, 11) is 0. The molecule has 8 rings (SSSR count). The number of phenols is 1. The molecule has 1 unspecified atom stereocenters. The van der Waals surface area contributed by atoms with Gasteiger partial charge in [-0.25, -0.2) is 31.8 Å². The van der Waals surface area contributed by atoms with E-state index in [1.807, 2.05) is 0 Å². The SMILES string of the molecule is C#Cc1c(F)ccc2cc(O)cc(-c3ncc4c(N5CCCCCN5)nc(OC[C@@]56CCC(c7cc(F)c(F)c(F)c7)N5C[C@H](F)C6)nc4c3F)c12. The Morgan fingerprint density at radius 1 is 1.00 bits per heavy atom. The van der Waals surface area contributed by atoms with E-state index in [0.29, 0.717) is 37.1 Å². The largest absolute Gasteiger partial charge is 0.508 e. The number of anilines is 1. The maximum atomic E-state index is 16.9.